The van der Waals surface area contributed by atoms with Crippen molar-refractivity contribution < 1.29 is 26.8 Å². The Morgan fingerprint density at radius 2 is 1.83 bits per heavy atom. The van der Waals surface area contributed by atoms with Crippen molar-refractivity contribution in [3.63, 3.8) is 0 Å². The molecule has 2 rings (SSSR count). The van der Waals surface area contributed by atoms with E-state index in [-0.39, 0.29) is 0 Å². The fraction of sp³-hybridized carbons (Fsp3) is 0.455. The van der Waals surface area contributed by atoms with Crippen LogP contribution in [0, 0.1) is 11.6 Å². The number of halogens is 5. The average molecular weight is 267 g/mol. The van der Waals surface area contributed by atoms with Crippen LogP contribution in [0.15, 0.2) is 18.2 Å². The molecule has 100 valence electrons. The molecular weight excluding hydrogens is 257 g/mol. The molecule has 0 aliphatic carbocycles. The van der Waals surface area contributed by atoms with E-state index in [2.05, 4.69) is 10.3 Å². The molecule has 1 aromatic rings. The van der Waals surface area contributed by atoms with Gasteiger partial charge in [0.15, 0.2) is 6.10 Å². The van der Waals surface area contributed by atoms with Crippen molar-refractivity contribution in [2.45, 2.75) is 31.2 Å². The summed E-state index contributed by atoms with van der Waals surface area (Å²) < 4.78 is 64.5. The van der Waals surface area contributed by atoms with Gasteiger partial charge in [-0.3, -0.25) is 4.84 Å². The third-order valence-electron chi connectivity index (χ3n) is 2.90. The van der Waals surface area contributed by atoms with Gasteiger partial charge in [-0.05, 0) is 19.1 Å². The first-order valence-corrected chi connectivity index (χ1v) is 5.18. The zero-order chi connectivity index (χ0) is 13.6. The molecule has 0 aromatic heterocycles. The third-order valence-corrected chi connectivity index (χ3v) is 2.90. The summed E-state index contributed by atoms with van der Waals surface area (Å²) in [6.45, 7) is 1.26. The second-order valence-electron chi connectivity index (χ2n) is 4.38. The molecule has 2 unspecified atom stereocenters. The predicted octanol–water partition coefficient (Wildman–Crippen LogP) is 3.04. The van der Waals surface area contributed by atoms with Crippen LogP contribution in [0.5, 0.6) is 0 Å². The van der Waals surface area contributed by atoms with Gasteiger partial charge in [-0.15, -0.1) is 0 Å². The minimum absolute atomic E-state index is 0.447. The summed E-state index contributed by atoms with van der Waals surface area (Å²) in [7, 11) is 0. The highest BCUT2D eigenvalue weighted by Gasteiger charge is 2.52. The van der Waals surface area contributed by atoms with Gasteiger partial charge in [-0.2, -0.15) is 18.7 Å². The molecule has 1 saturated heterocycles. The molecule has 1 aromatic carbocycles. The summed E-state index contributed by atoms with van der Waals surface area (Å²) in [5.74, 6) is -1.81. The van der Waals surface area contributed by atoms with E-state index in [1.54, 1.807) is 0 Å². The molecule has 0 saturated carbocycles. The SMILES string of the molecule is CC1(c2c(F)cccc2F)CC(C(F)(F)F)ON1. The van der Waals surface area contributed by atoms with Gasteiger partial charge >= 0.3 is 6.18 Å². The van der Waals surface area contributed by atoms with Crippen LogP contribution in [0.25, 0.3) is 0 Å². The molecule has 1 aliphatic heterocycles. The van der Waals surface area contributed by atoms with E-state index in [1.165, 1.54) is 6.92 Å². The summed E-state index contributed by atoms with van der Waals surface area (Å²) in [6, 6.07) is 3.13. The Hall–Kier alpha value is -1.21. The zero-order valence-electron chi connectivity index (χ0n) is 9.31. The second-order valence-corrected chi connectivity index (χ2v) is 4.38. The highest BCUT2D eigenvalue weighted by atomic mass is 19.4. The molecule has 1 fully saturated rings. The van der Waals surface area contributed by atoms with E-state index in [0.717, 1.165) is 18.2 Å². The van der Waals surface area contributed by atoms with Crippen LogP contribution in [0.4, 0.5) is 22.0 Å². The largest absolute Gasteiger partial charge is 0.416 e. The van der Waals surface area contributed by atoms with Crippen molar-refractivity contribution in [2.24, 2.45) is 0 Å². The standard InChI is InChI=1S/C11H10F5NO/c1-10(5-8(18-17-10)11(14,15)16)9-6(12)3-2-4-7(9)13/h2-4,8,17H,5H2,1H3. The Bertz CT molecular complexity index is 441. The molecule has 18 heavy (non-hydrogen) atoms. The van der Waals surface area contributed by atoms with E-state index >= 15 is 0 Å². The van der Waals surface area contributed by atoms with Crippen molar-refractivity contribution in [1.82, 2.24) is 5.48 Å². The number of rotatable bonds is 1. The van der Waals surface area contributed by atoms with Crippen LogP contribution < -0.4 is 5.48 Å². The summed E-state index contributed by atoms with van der Waals surface area (Å²) >= 11 is 0. The molecule has 0 bridgehead atoms. The Morgan fingerprint density at radius 1 is 1.28 bits per heavy atom. The summed E-state index contributed by atoms with van der Waals surface area (Å²) in [5, 5.41) is 0. The minimum Gasteiger partial charge on any atom is -0.288 e. The second kappa shape index (κ2) is 4.17. The lowest BCUT2D eigenvalue weighted by molar-refractivity contribution is -0.218. The van der Waals surface area contributed by atoms with E-state index in [4.69, 9.17) is 0 Å². The molecule has 1 N–H and O–H groups in total. The smallest absolute Gasteiger partial charge is 0.288 e. The Balaban J connectivity index is 2.35. The first-order chi connectivity index (χ1) is 8.24. The van der Waals surface area contributed by atoms with Crippen molar-refractivity contribution in [2.75, 3.05) is 0 Å². The number of alkyl halides is 3. The summed E-state index contributed by atoms with van der Waals surface area (Å²) in [6.07, 6.45) is -7.25. The van der Waals surface area contributed by atoms with E-state index < -0.39 is 41.4 Å². The highest BCUT2D eigenvalue weighted by Crippen LogP contribution is 2.40. The van der Waals surface area contributed by atoms with Gasteiger partial charge in [0, 0.05) is 12.0 Å². The number of hydroxylamine groups is 1. The van der Waals surface area contributed by atoms with Gasteiger partial charge < -0.3 is 0 Å². The molecule has 7 heteroatoms. The minimum atomic E-state index is -4.58. The van der Waals surface area contributed by atoms with Crippen molar-refractivity contribution in [3.8, 4) is 0 Å². The van der Waals surface area contributed by atoms with Crippen LogP contribution in [0.1, 0.15) is 18.9 Å². The van der Waals surface area contributed by atoms with Gasteiger partial charge in [0.25, 0.3) is 0 Å². The molecule has 2 atom stereocenters. The fourth-order valence-corrected chi connectivity index (χ4v) is 2.02. The van der Waals surface area contributed by atoms with E-state index in [9.17, 15) is 22.0 Å². The highest BCUT2D eigenvalue weighted by molar-refractivity contribution is 5.28. The lowest BCUT2D eigenvalue weighted by Crippen LogP contribution is -2.34. The van der Waals surface area contributed by atoms with Gasteiger partial charge in [0.2, 0.25) is 0 Å². The summed E-state index contributed by atoms with van der Waals surface area (Å²) in [5.41, 5.74) is 0.0941. The van der Waals surface area contributed by atoms with Crippen LogP contribution >= 0.6 is 0 Å². The molecule has 2 nitrogen and oxygen atoms in total. The van der Waals surface area contributed by atoms with Crippen LogP contribution in [0.3, 0.4) is 0 Å². The zero-order valence-corrected chi connectivity index (χ0v) is 9.31. The Kier molecular flexibility index (Phi) is 3.06. The number of hydrogen-bond acceptors (Lipinski definition) is 2. The van der Waals surface area contributed by atoms with Crippen molar-refractivity contribution in [3.05, 3.63) is 35.4 Å². The molecule has 0 radical (unpaired) electrons. The fourth-order valence-electron chi connectivity index (χ4n) is 2.02. The molecule has 0 amide bonds. The van der Waals surface area contributed by atoms with Gasteiger partial charge in [0.05, 0.1) is 5.54 Å². The van der Waals surface area contributed by atoms with Crippen LogP contribution in [-0.4, -0.2) is 12.3 Å². The lowest BCUT2D eigenvalue weighted by atomic mass is 9.87. The van der Waals surface area contributed by atoms with E-state index in [1.807, 2.05) is 0 Å². The Labute approximate surface area is 99.7 Å². The molecule has 1 heterocycles. The maximum atomic E-state index is 13.6. The quantitative estimate of drug-likeness (QED) is 0.790. The monoisotopic (exact) mass is 267 g/mol. The molecule has 0 spiro atoms. The van der Waals surface area contributed by atoms with Gasteiger partial charge in [-0.25, -0.2) is 8.78 Å². The molecular formula is C11H10F5NO. The maximum absolute atomic E-state index is 13.6. The first-order valence-electron chi connectivity index (χ1n) is 5.18. The third kappa shape index (κ3) is 2.20. The topological polar surface area (TPSA) is 21.3 Å². The van der Waals surface area contributed by atoms with Crippen molar-refractivity contribution >= 4 is 0 Å². The first kappa shape index (κ1) is 13.2. The average Bonchev–Trinajstić information content (AvgIpc) is 2.60. The Morgan fingerprint density at radius 3 is 2.28 bits per heavy atom. The normalized spacial score (nSPS) is 28.7. The number of benzene rings is 1. The molecule has 1 aliphatic rings. The van der Waals surface area contributed by atoms with Gasteiger partial charge in [0.1, 0.15) is 11.6 Å². The summed E-state index contributed by atoms with van der Waals surface area (Å²) in [4.78, 5) is 4.39. The van der Waals surface area contributed by atoms with Crippen LogP contribution in [0.2, 0.25) is 0 Å². The van der Waals surface area contributed by atoms with E-state index in [0.29, 0.717) is 0 Å². The predicted molar refractivity (Wildman–Crippen MR) is 52.4 cm³/mol. The number of hydrogen-bond donors (Lipinski definition) is 1. The maximum Gasteiger partial charge on any atom is 0.416 e. The van der Waals surface area contributed by atoms with Crippen LogP contribution in [-0.2, 0) is 10.4 Å². The van der Waals surface area contributed by atoms with Crippen molar-refractivity contribution in [1.29, 1.82) is 0 Å². The lowest BCUT2D eigenvalue weighted by Gasteiger charge is -2.24. The van der Waals surface area contributed by atoms with Gasteiger partial charge in [-0.1, -0.05) is 6.07 Å². The number of nitrogens with one attached hydrogen (secondary N) is 1.